The maximum atomic E-state index is 12.7. The quantitative estimate of drug-likeness (QED) is 0.0831. The molecule has 0 radical (unpaired) electrons. The average Bonchev–Trinajstić information content (AvgIpc) is 3.07. The molecule has 46 heavy (non-hydrogen) atoms. The number of hydrogen-bond donors (Lipinski definition) is 4. The molecule has 0 aliphatic carbocycles. The summed E-state index contributed by atoms with van der Waals surface area (Å²) in [4.78, 5) is 23.5. The van der Waals surface area contributed by atoms with Crippen LogP contribution >= 0.6 is 0 Å². The van der Waals surface area contributed by atoms with Gasteiger partial charge in [0.05, 0.1) is 33.2 Å². The number of rotatable bonds is 11. The van der Waals surface area contributed by atoms with Crippen molar-refractivity contribution in [3.63, 3.8) is 0 Å². The average molecular weight is 635 g/mol. The fourth-order valence-electron chi connectivity index (χ4n) is 4.03. The number of carboxylic acid groups (broad SMARTS) is 1. The van der Waals surface area contributed by atoms with E-state index >= 15 is 0 Å². The van der Waals surface area contributed by atoms with Gasteiger partial charge in [0.1, 0.15) is 0 Å². The lowest BCUT2D eigenvalue weighted by Crippen LogP contribution is -2.11. The molecule has 5 rings (SSSR count). The van der Waals surface area contributed by atoms with Gasteiger partial charge < -0.3 is 15.7 Å². The molecular weight excluding hydrogens is 608 g/mol. The Hall–Kier alpha value is -6.05. The zero-order chi connectivity index (χ0) is 32.5. The van der Waals surface area contributed by atoms with Crippen LogP contribution in [-0.2, 0) is 16.7 Å². The highest BCUT2D eigenvalue weighted by atomic mass is 32.2. The highest BCUT2D eigenvalue weighted by Gasteiger charge is 2.09. The van der Waals surface area contributed by atoms with Crippen LogP contribution in [0.5, 0.6) is 0 Å². The van der Waals surface area contributed by atoms with E-state index in [2.05, 4.69) is 31.1 Å². The zero-order valence-electron chi connectivity index (χ0n) is 24.0. The van der Waals surface area contributed by atoms with Crippen molar-refractivity contribution in [3.8, 4) is 0 Å². The molecule has 1 amide bonds. The van der Waals surface area contributed by atoms with Crippen molar-refractivity contribution < 1.29 is 27.7 Å². The molecule has 0 saturated carbocycles. The first kappa shape index (κ1) is 31.4. The maximum Gasteiger partial charge on any atom is 0.335 e. The number of hydrogen-bond acceptors (Lipinski definition) is 9. The Kier molecular flexibility index (Phi) is 9.66. The van der Waals surface area contributed by atoms with Crippen molar-refractivity contribution in [2.75, 3.05) is 10.6 Å². The maximum absolute atomic E-state index is 12.7. The Bertz CT molecular complexity index is 1990. The number of azo groups is 2. The van der Waals surface area contributed by atoms with E-state index in [-0.39, 0.29) is 16.4 Å². The Labute approximate surface area is 263 Å². The molecular formula is C33H26N6O6S. The van der Waals surface area contributed by atoms with Crippen molar-refractivity contribution >= 4 is 56.1 Å². The van der Waals surface area contributed by atoms with Gasteiger partial charge in [0.2, 0.25) is 0 Å². The molecule has 0 heterocycles. The number of carbonyl (C=O) groups is 2. The molecule has 4 N–H and O–H groups in total. The normalized spacial score (nSPS) is 11.5. The first-order valence-corrected chi connectivity index (χ1v) is 15.2. The van der Waals surface area contributed by atoms with Crippen molar-refractivity contribution in [3.05, 3.63) is 138 Å². The topological polar surface area (TPSA) is 182 Å². The standard InChI is InChI=1S/C33H26N6O6S/c40-32(35-26-11-15-29(16-12-26)38-39-30-17-19-31(20-18-30)46(43,44)45)23-5-7-27(8-6-23)36-37-28-13-9-25(10-14-28)34-21-22-1-3-24(4-2-22)33(41)42/h1-20,34H,21H2,(H,35,40)(H,41,42)(H,43,44,45). The van der Waals surface area contributed by atoms with Crippen molar-refractivity contribution in [2.24, 2.45) is 20.5 Å². The van der Waals surface area contributed by atoms with E-state index in [0.717, 1.165) is 11.3 Å². The molecule has 0 fully saturated rings. The number of nitrogens with zero attached hydrogens (tertiary/aromatic N) is 4. The predicted molar refractivity (Wildman–Crippen MR) is 173 cm³/mol. The lowest BCUT2D eigenvalue weighted by molar-refractivity contribution is 0.0696. The summed E-state index contributed by atoms with van der Waals surface area (Å²) in [5.74, 6) is -1.26. The molecule has 13 heteroatoms. The molecule has 0 spiro atoms. The molecule has 0 saturated heterocycles. The largest absolute Gasteiger partial charge is 0.478 e. The molecule has 0 aliphatic heterocycles. The fourth-order valence-corrected chi connectivity index (χ4v) is 4.51. The summed E-state index contributed by atoms with van der Waals surface area (Å²) in [6.45, 7) is 0.541. The van der Waals surface area contributed by atoms with E-state index in [1.165, 1.54) is 24.3 Å². The van der Waals surface area contributed by atoms with Crippen LogP contribution in [0.25, 0.3) is 0 Å². The minimum absolute atomic E-state index is 0.233. The van der Waals surface area contributed by atoms with Crippen LogP contribution in [0.3, 0.4) is 0 Å². The first-order chi connectivity index (χ1) is 22.1. The molecule has 0 atom stereocenters. The van der Waals surface area contributed by atoms with Gasteiger partial charge in [-0.25, -0.2) is 4.79 Å². The van der Waals surface area contributed by atoms with Gasteiger partial charge in [0.15, 0.2) is 0 Å². The molecule has 0 bridgehead atoms. The van der Waals surface area contributed by atoms with E-state index in [9.17, 15) is 18.0 Å². The van der Waals surface area contributed by atoms with E-state index in [1.54, 1.807) is 72.8 Å². The minimum atomic E-state index is -4.28. The molecule has 0 aromatic heterocycles. The third-order valence-electron chi connectivity index (χ3n) is 6.52. The summed E-state index contributed by atoms with van der Waals surface area (Å²) in [6, 6.07) is 32.7. The molecule has 0 aliphatic rings. The van der Waals surface area contributed by atoms with Gasteiger partial charge in [-0.05, 0) is 115 Å². The monoisotopic (exact) mass is 634 g/mol. The summed E-state index contributed by atoms with van der Waals surface area (Å²) in [5.41, 5.74) is 5.21. The SMILES string of the molecule is O=C(O)c1ccc(CNc2ccc(N=Nc3ccc(C(=O)Nc4ccc(N=Nc5ccc(S(=O)(=O)O)cc5)cc4)cc3)cc2)cc1. The molecule has 5 aromatic carbocycles. The van der Waals surface area contributed by atoms with Gasteiger partial charge in [-0.15, -0.1) is 0 Å². The third kappa shape index (κ3) is 8.75. The van der Waals surface area contributed by atoms with Crippen LogP contribution in [-0.4, -0.2) is 30.0 Å². The van der Waals surface area contributed by atoms with Gasteiger partial charge in [-0.1, -0.05) is 12.1 Å². The van der Waals surface area contributed by atoms with Gasteiger partial charge in [-0.3, -0.25) is 9.35 Å². The second-order valence-corrected chi connectivity index (χ2v) is 11.2. The lowest BCUT2D eigenvalue weighted by atomic mass is 10.1. The summed E-state index contributed by atoms with van der Waals surface area (Å²) >= 11 is 0. The fraction of sp³-hybridized carbons (Fsp3) is 0.0303. The van der Waals surface area contributed by atoms with E-state index < -0.39 is 16.1 Å². The minimum Gasteiger partial charge on any atom is -0.478 e. The van der Waals surface area contributed by atoms with Crippen LogP contribution in [0.1, 0.15) is 26.3 Å². The number of nitrogens with one attached hydrogen (secondary N) is 2. The lowest BCUT2D eigenvalue weighted by Gasteiger charge is -2.07. The number of carbonyl (C=O) groups excluding carboxylic acids is 1. The Morgan fingerprint density at radius 2 is 0.978 bits per heavy atom. The highest BCUT2D eigenvalue weighted by molar-refractivity contribution is 7.85. The second-order valence-electron chi connectivity index (χ2n) is 9.82. The third-order valence-corrected chi connectivity index (χ3v) is 7.38. The van der Waals surface area contributed by atoms with Crippen molar-refractivity contribution in [1.82, 2.24) is 0 Å². The van der Waals surface area contributed by atoms with Crippen LogP contribution < -0.4 is 10.6 Å². The Morgan fingerprint density at radius 1 is 0.565 bits per heavy atom. The number of amides is 1. The molecule has 5 aromatic rings. The number of carboxylic acids is 1. The van der Waals surface area contributed by atoms with Gasteiger partial charge in [-0.2, -0.15) is 28.9 Å². The van der Waals surface area contributed by atoms with Gasteiger partial charge in [0.25, 0.3) is 16.0 Å². The molecule has 230 valence electrons. The summed E-state index contributed by atoms with van der Waals surface area (Å²) < 4.78 is 31.3. The summed E-state index contributed by atoms with van der Waals surface area (Å²) in [5, 5.41) is 31.7. The van der Waals surface area contributed by atoms with Crippen LogP contribution in [0, 0.1) is 0 Å². The first-order valence-electron chi connectivity index (χ1n) is 13.7. The van der Waals surface area contributed by atoms with Crippen LogP contribution in [0.2, 0.25) is 0 Å². The van der Waals surface area contributed by atoms with Crippen molar-refractivity contribution in [2.45, 2.75) is 11.4 Å². The van der Waals surface area contributed by atoms with Gasteiger partial charge >= 0.3 is 5.97 Å². The number of benzene rings is 5. The summed E-state index contributed by atoms with van der Waals surface area (Å²) in [6.07, 6.45) is 0. The molecule has 0 unspecified atom stereocenters. The van der Waals surface area contributed by atoms with Crippen LogP contribution in [0.4, 0.5) is 34.1 Å². The smallest absolute Gasteiger partial charge is 0.335 e. The van der Waals surface area contributed by atoms with E-state index in [1.807, 2.05) is 24.3 Å². The van der Waals surface area contributed by atoms with E-state index in [0.29, 0.717) is 40.5 Å². The zero-order valence-corrected chi connectivity index (χ0v) is 24.8. The Morgan fingerprint density at radius 3 is 1.43 bits per heavy atom. The predicted octanol–water partition coefficient (Wildman–Crippen LogP) is 8.33. The van der Waals surface area contributed by atoms with Gasteiger partial charge in [0, 0.05) is 23.5 Å². The van der Waals surface area contributed by atoms with Crippen LogP contribution in [0.15, 0.2) is 147 Å². The van der Waals surface area contributed by atoms with E-state index in [4.69, 9.17) is 9.66 Å². The highest BCUT2D eigenvalue weighted by Crippen LogP contribution is 2.24. The number of aromatic carboxylic acids is 1. The molecule has 12 nitrogen and oxygen atoms in total. The summed E-state index contributed by atoms with van der Waals surface area (Å²) in [7, 11) is -4.28. The van der Waals surface area contributed by atoms with Crippen molar-refractivity contribution in [1.29, 1.82) is 0 Å². The number of anilines is 2. The second kappa shape index (κ2) is 14.2. The Balaban J connectivity index is 1.10.